The molecule has 0 saturated carbocycles. The van der Waals surface area contributed by atoms with Crippen molar-refractivity contribution in [2.75, 3.05) is 58.8 Å². The Morgan fingerprint density at radius 1 is 1.13 bits per heavy atom. The Balaban J connectivity index is 1.25. The zero-order valence-electron chi connectivity index (χ0n) is 23.3. The number of nitrogens with one attached hydrogen (secondary N) is 1. The molecule has 38 heavy (non-hydrogen) atoms. The van der Waals surface area contributed by atoms with Crippen LogP contribution in [0, 0.1) is 11.8 Å². The summed E-state index contributed by atoms with van der Waals surface area (Å²) in [4.78, 5) is 21.4. The molecule has 1 N–H and O–H groups in total. The van der Waals surface area contributed by atoms with Crippen molar-refractivity contribution in [3.05, 3.63) is 54.6 Å². The highest BCUT2D eigenvalue weighted by Crippen LogP contribution is 2.29. The molecule has 1 aliphatic heterocycles. The number of aromatic nitrogens is 1. The minimum Gasteiger partial charge on any atom is -0.497 e. The van der Waals surface area contributed by atoms with Crippen LogP contribution in [0.4, 0.5) is 10.5 Å². The van der Waals surface area contributed by atoms with Gasteiger partial charge in [-0.3, -0.25) is 0 Å². The topological polar surface area (TPSA) is 66.9 Å². The van der Waals surface area contributed by atoms with E-state index in [0.29, 0.717) is 18.4 Å². The van der Waals surface area contributed by atoms with Crippen LogP contribution in [0.1, 0.15) is 33.1 Å². The lowest BCUT2D eigenvalue weighted by molar-refractivity contribution is 0.0756. The number of ether oxygens (including phenoxy) is 2. The van der Waals surface area contributed by atoms with Crippen molar-refractivity contribution in [3.63, 3.8) is 0 Å². The van der Waals surface area contributed by atoms with Gasteiger partial charge in [0.25, 0.3) is 0 Å². The number of methoxy groups -OCH3 is 1. The largest absolute Gasteiger partial charge is 0.497 e. The van der Waals surface area contributed by atoms with Crippen LogP contribution in [0.2, 0.25) is 0 Å². The van der Waals surface area contributed by atoms with Crippen LogP contribution in [-0.2, 0) is 4.74 Å². The molecule has 1 saturated heterocycles. The number of likely N-dealkylation sites (tertiary alicyclic amines) is 1. The number of hydrogen-bond acceptors (Lipinski definition) is 6. The fourth-order valence-corrected chi connectivity index (χ4v) is 4.96. The molecule has 2 aromatic carbocycles. The van der Waals surface area contributed by atoms with E-state index in [2.05, 4.69) is 55.4 Å². The Kier molecular flexibility index (Phi) is 9.82. The van der Waals surface area contributed by atoms with Crippen LogP contribution >= 0.6 is 0 Å². The Morgan fingerprint density at radius 2 is 1.87 bits per heavy atom. The predicted molar refractivity (Wildman–Crippen MR) is 155 cm³/mol. The van der Waals surface area contributed by atoms with E-state index in [1.165, 1.54) is 0 Å². The minimum absolute atomic E-state index is 0.157. The highest BCUT2D eigenvalue weighted by Gasteiger charge is 2.24. The molecule has 1 aliphatic rings. The smallest absolute Gasteiger partial charge is 0.409 e. The lowest BCUT2D eigenvalue weighted by atomic mass is 9.96. The quantitative estimate of drug-likeness (QED) is 0.307. The molecule has 204 valence electrons. The summed E-state index contributed by atoms with van der Waals surface area (Å²) in [6.07, 6.45) is 2.97. The van der Waals surface area contributed by atoms with E-state index in [-0.39, 0.29) is 6.09 Å². The number of fused-ring (bicyclic) bond motifs is 1. The number of para-hydroxylation sites is 1. The molecule has 0 aliphatic carbocycles. The van der Waals surface area contributed by atoms with Crippen molar-refractivity contribution < 1.29 is 14.3 Å². The summed E-state index contributed by atoms with van der Waals surface area (Å²) in [5.74, 6) is 1.83. The van der Waals surface area contributed by atoms with E-state index in [1.54, 1.807) is 7.11 Å². The highest BCUT2D eigenvalue weighted by molar-refractivity contribution is 5.93. The number of anilines is 1. The lowest BCUT2D eigenvalue weighted by Gasteiger charge is -2.33. The fourth-order valence-electron chi connectivity index (χ4n) is 4.96. The first-order valence-corrected chi connectivity index (χ1v) is 13.8. The second-order valence-corrected chi connectivity index (χ2v) is 10.7. The molecule has 0 atom stereocenters. The van der Waals surface area contributed by atoms with Gasteiger partial charge in [-0.1, -0.05) is 32.0 Å². The third-order valence-electron chi connectivity index (χ3n) is 7.12. The van der Waals surface area contributed by atoms with E-state index in [1.807, 2.05) is 35.2 Å². The van der Waals surface area contributed by atoms with E-state index in [9.17, 15) is 4.79 Å². The Morgan fingerprint density at radius 3 is 2.58 bits per heavy atom. The zero-order valence-corrected chi connectivity index (χ0v) is 23.3. The van der Waals surface area contributed by atoms with Gasteiger partial charge in [-0.2, -0.15) is 0 Å². The molecular weight excluding hydrogens is 476 g/mol. The molecule has 1 amide bonds. The summed E-state index contributed by atoms with van der Waals surface area (Å²) >= 11 is 0. The molecule has 0 spiro atoms. The number of carbonyl (C=O) groups is 1. The predicted octanol–water partition coefficient (Wildman–Crippen LogP) is 6.15. The van der Waals surface area contributed by atoms with Crippen molar-refractivity contribution in [3.8, 4) is 17.0 Å². The molecule has 4 rings (SSSR count). The number of carbonyl (C=O) groups excluding carboxylic acids is 1. The van der Waals surface area contributed by atoms with Gasteiger partial charge >= 0.3 is 6.09 Å². The molecule has 7 heteroatoms. The van der Waals surface area contributed by atoms with Crippen LogP contribution in [0.5, 0.6) is 5.75 Å². The molecule has 0 radical (unpaired) electrons. The summed E-state index contributed by atoms with van der Waals surface area (Å²) < 4.78 is 10.7. The summed E-state index contributed by atoms with van der Waals surface area (Å²) in [7, 11) is 3.88. The monoisotopic (exact) mass is 518 g/mol. The summed E-state index contributed by atoms with van der Waals surface area (Å²) in [5, 5.41) is 4.80. The molecule has 0 bridgehead atoms. The number of rotatable bonds is 11. The normalized spacial score (nSPS) is 14.3. The van der Waals surface area contributed by atoms with Gasteiger partial charge in [0.15, 0.2) is 0 Å². The number of piperidine rings is 1. The van der Waals surface area contributed by atoms with Crippen LogP contribution in [-0.4, -0.2) is 74.4 Å². The van der Waals surface area contributed by atoms with Gasteiger partial charge in [0.2, 0.25) is 0 Å². The van der Waals surface area contributed by atoms with Crippen molar-refractivity contribution in [1.82, 2.24) is 14.8 Å². The van der Waals surface area contributed by atoms with E-state index < -0.39 is 0 Å². The van der Waals surface area contributed by atoms with E-state index >= 15 is 0 Å². The number of nitrogens with zero attached hydrogens (tertiary/aromatic N) is 3. The van der Waals surface area contributed by atoms with Gasteiger partial charge in [-0.15, -0.1) is 0 Å². The average Bonchev–Trinajstić information content (AvgIpc) is 2.94. The Bertz CT molecular complexity index is 1170. The second kappa shape index (κ2) is 13.5. The summed E-state index contributed by atoms with van der Waals surface area (Å²) in [6.45, 7) is 9.18. The number of amides is 1. The zero-order chi connectivity index (χ0) is 26.9. The molecule has 0 unspecified atom stereocenters. The maximum Gasteiger partial charge on any atom is 0.409 e. The minimum atomic E-state index is -0.157. The fraction of sp³-hybridized carbons (Fsp3) is 0.484. The molecule has 2 heterocycles. The molecule has 7 nitrogen and oxygen atoms in total. The molecular formula is C31H42N4O3. The van der Waals surface area contributed by atoms with E-state index in [4.69, 9.17) is 14.5 Å². The molecule has 3 aromatic rings. The SMILES string of the molecule is COc1ccc(-c2cc(NCCCN(C)CC3CCN(C(=O)OCC(C)C)CC3)c3ccccc3n2)cc1. The Hall–Kier alpha value is -3.32. The van der Waals surface area contributed by atoms with Crippen LogP contribution < -0.4 is 10.1 Å². The average molecular weight is 519 g/mol. The molecule has 1 fully saturated rings. The first-order chi connectivity index (χ1) is 18.4. The van der Waals surface area contributed by atoms with Crippen molar-refractivity contribution in [2.45, 2.75) is 33.1 Å². The second-order valence-electron chi connectivity index (χ2n) is 10.7. The first kappa shape index (κ1) is 27.7. The first-order valence-electron chi connectivity index (χ1n) is 13.8. The maximum atomic E-state index is 12.2. The third-order valence-corrected chi connectivity index (χ3v) is 7.12. The van der Waals surface area contributed by atoms with Crippen LogP contribution in [0.25, 0.3) is 22.2 Å². The molecule has 1 aromatic heterocycles. The maximum absolute atomic E-state index is 12.2. The van der Waals surface area contributed by atoms with Gasteiger partial charge in [0, 0.05) is 42.8 Å². The van der Waals surface area contributed by atoms with E-state index in [0.717, 1.165) is 85.6 Å². The number of pyridine rings is 1. The Labute approximate surface area is 227 Å². The lowest BCUT2D eigenvalue weighted by Crippen LogP contribution is -2.41. The van der Waals surface area contributed by atoms with Gasteiger partial charge in [0.1, 0.15) is 5.75 Å². The van der Waals surface area contributed by atoms with Crippen molar-refractivity contribution >= 4 is 22.7 Å². The van der Waals surface area contributed by atoms with Crippen molar-refractivity contribution in [2.24, 2.45) is 11.8 Å². The standard InChI is InChI=1S/C31H42N4O3/c1-23(2)22-38-31(36)35-18-14-24(15-19-35)21-34(3)17-7-16-32-30-20-29(25-10-12-26(37-4)13-11-25)33-28-9-6-5-8-27(28)30/h5-6,8-13,20,23-24H,7,14-19,21-22H2,1-4H3,(H,32,33). The van der Waals surface area contributed by atoms with Gasteiger partial charge < -0.3 is 24.6 Å². The van der Waals surface area contributed by atoms with Crippen LogP contribution in [0.15, 0.2) is 54.6 Å². The van der Waals surface area contributed by atoms with Gasteiger partial charge in [0.05, 0.1) is 24.9 Å². The highest BCUT2D eigenvalue weighted by atomic mass is 16.6. The summed E-state index contributed by atoms with van der Waals surface area (Å²) in [5.41, 5.74) is 4.12. The summed E-state index contributed by atoms with van der Waals surface area (Å²) in [6, 6.07) is 18.5. The van der Waals surface area contributed by atoms with Crippen LogP contribution in [0.3, 0.4) is 0 Å². The van der Waals surface area contributed by atoms with Gasteiger partial charge in [-0.05, 0) is 81.1 Å². The number of hydrogen-bond donors (Lipinski definition) is 1. The van der Waals surface area contributed by atoms with Crippen molar-refractivity contribution in [1.29, 1.82) is 0 Å². The number of benzene rings is 2. The third kappa shape index (κ3) is 7.60. The van der Waals surface area contributed by atoms with Gasteiger partial charge in [-0.25, -0.2) is 9.78 Å².